The summed E-state index contributed by atoms with van der Waals surface area (Å²) < 4.78 is 27.5. The molecule has 5 nitrogen and oxygen atoms in total. The first-order valence-corrected chi connectivity index (χ1v) is 9.25. The predicted molar refractivity (Wildman–Crippen MR) is 91.1 cm³/mol. The van der Waals surface area contributed by atoms with E-state index in [-0.39, 0.29) is 18.3 Å². The van der Waals surface area contributed by atoms with Gasteiger partial charge in [0.15, 0.2) is 9.84 Å². The lowest BCUT2D eigenvalue weighted by Crippen LogP contribution is -2.13. The van der Waals surface area contributed by atoms with Crippen molar-refractivity contribution in [3.05, 3.63) is 59.1 Å². The monoisotopic (exact) mass is 353 g/mol. The minimum absolute atomic E-state index is 0.0611. The molecule has 0 bridgehead atoms. The van der Waals surface area contributed by atoms with E-state index in [1.165, 1.54) is 0 Å². The standard InChI is InChI=1S/C16H16ClNO4S/c1-23(20,21)10-9-22-15-4-2-3-14(11-15)18-16(19)12-5-7-13(17)8-6-12/h2-8,11H,9-10H2,1H3,(H,18,19). The number of carbonyl (C=O) groups excluding carboxylic acids is 1. The van der Waals surface area contributed by atoms with E-state index in [4.69, 9.17) is 16.3 Å². The van der Waals surface area contributed by atoms with Crippen LogP contribution in [-0.2, 0) is 9.84 Å². The number of carbonyl (C=O) groups is 1. The summed E-state index contributed by atoms with van der Waals surface area (Å²) >= 11 is 5.79. The maximum atomic E-state index is 12.1. The third-order valence-corrected chi connectivity index (χ3v) is 4.08. The Morgan fingerprint density at radius 1 is 1.17 bits per heavy atom. The van der Waals surface area contributed by atoms with Gasteiger partial charge in [0, 0.05) is 28.6 Å². The van der Waals surface area contributed by atoms with Crippen molar-refractivity contribution >= 4 is 33.0 Å². The predicted octanol–water partition coefficient (Wildman–Crippen LogP) is 3.02. The summed E-state index contributed by atoms with van der Waals surface area (Å²) in [6.45, 7) is 0.0629. The number of benzene rings is 2. The van der Waals surface area contributed by atoms with E-state index in [0.29, 0.717) is 22.0 Å². The van der Waals surface area contributed by atoms with Gasteiger partial charge in [0.1, 0.15) is 12.4 Å². The number of rotatable bonds is 6. The highest BCUT2D eigenvalue weighted by molar-refractivity contribution is 7.90. The minimum Gasteiger partial charge on any atom is -0.492 e. The van der Waals surface area contributed by atoms with E-state index < -0.39 is 9.84 Å². The fourth-order valence-corrected chi connectivity index (χ4v) is 2.29. The van der Waals surface area contributed by atoms with E-state index in [1.807, 2.05) is 0 Å². The van der Waals surface area contributed by atoms with Crippen LogP contribution in [0.1, 0.15) is 10.4 Å². The molecule has 7 heteroatoms. The summed E-state index contributed by atoms with van der Waals surface area (Å²) in [6, 6.07) is 13.3. The smallest absolute Gasteiger partial charge is 0.255 e. The fourth-order valence-electron chi connectivity index (χ4n) is 1.78. The zero-order valence-electron chi connectivity index (χ0n) is 12.5. The van der Waals surface area contributed by atoms with Crippen molar-refractivity contribution in [3.8, 4) is 5.75 Å². The van der Waals surface area contributed by atoms with Crippen LogP contribution in [0, 0.1) is 0 Å². The molecule has 0 aliphatic rings. The van der Waals surface area contributed by atoms with Crippen molar-refractivity contribution in [2.24, 2.45) is 0 Å². The van der Waals surface area contributed by atoms with Crippen molar-refractivity contribution in [1.29, 1.82) is 0 Å². The Kier molecular flexibility index (Phi) is 5.63. The minimum atomic E-state index is -3.07. The van der Waals surface area contributed by atoms with E-state index in [2.05, 4.69) is 5.32 Å². The molecule has 1 N–H and O–H groups in total. The van der Waals surface area contributed by atoms with Crippen LogP contribution in [0.4, 0.5) is 5.69 Å². The van der Waals surface area contributed by atoms with E-state index in [9.17, 15) is 13.2 Å². The van der Waals surface area contributed by atoms with Gasteiger partial charge in [0.2, 0.25) is 0 Å². The molecule has 0 aromatic heterocycles. The summed E-state index contributed by atoms with van der Waals surface area (Å²) in [5.74, 6) is 0.159. The molecule has 2 aromatic carbocycles. The van der Waals surface area contributed by atoms with Crippen molar-refractivity contribution in [1.82, 2.24) is 0 Å². The van der Waals surface area contributed by atoms with Crippen LogP contribution in [-0.4, -0.2) is 32.9 Å². The lowest BCUT2D eigenvalue weighted by atomic mass is 10.2. The van der Waals surface area contributed by atoms with Gasteiger partial charge in [-0.2, -0.15) is 0 Å². The maximum absolute atomic E-state index is 12.1. The first-order valence-electron chi connectivity index (χ1n) is 6.81. The number of sulfone groups is 1. The summed E-state index contributed by atoms with van der Waals surface area (Å²) in [5, 5.41) is 3.30. The van der Waals surface area contributed by atoms with Crippen molar-refractivity contribution < 1.29 is 17.9 Å². The molecule has 0 radical (unpaired) electrons. The molecular formula is C16H16ClNO4S. The average molecular weight is 354 g/mol. The van der Waals surface area contributed by atoms with E-state index in [0.717, 1.165) is 6.26 Å². The maximum Gasteiger partial charge on any atom is 0.255 e. The number of hydrogen-bond acceptors (Lipinski definition) is 4. The molecule has 0 aliphatic heterocycles. The van der Waals surface area contributed by atoms with Crippen LogP contribution in [0.2, 0.25) is 5.02 Å². The number of halogens is 1. The Bertz CT molecular complexity index is 788. The second kappa shape index (κ2) is 7.48. The molecule has 0 aliphatic carbocycles. The topological polar surface area (TPSA) is 72.5 Å². The zero-order chi connectivity index (χ0) is 16.9. The number of anilines is 1. The van der Waals surface area contributed by atoms with E-state index in [1.54, 1.807) is 48.5 Å². The summed E-state index contributed by atoms with van der Waals surface area (Å²) in [4.78, 5) is 12.1. The SMILES string of the molecule is CS(=O)(=O)CCOc1cccc(NC(=O)c2ccc(Cl)cc2)c1. The molecule has 0 atom stereocenters. The number of amides is 1. The summed E-state index contributed by atoms with van der Waals surface area (Å²) in [5.41, 5.74) is 1.04. The van der Waals surface area contributed by atoms with Crippen molar-refractivity contribution in [2.75, 3.05) is 23.9 Å². The Balaban J connectivity index is 1.99. The molecule has 23 heavy (non-hydrogen) atoms. The fraction of sp³-hybridized carbons (Fsp3) is 0.188. The van der Waals surface area contributed by atoms with E-state index >= 15 is 0 Å². The molecule has 0 saturated carbocycles. The van der Waals surface area contributed by atoms with Gasteiger partial charge in [-0.3, -0.25) is 4.79 Å². The third kappa shape index (κ3) is 5.92. The van der Waals surface area contributed by atoms with Crippen molar-refractivity contribution in [2.45, 2.75) is 0 Å². The second-order valence-corrected chi connectivity index (χ2v) is 7.66. The van der Waals surface area contributed by atoms with Gasteiger partial charge in [-0.05, 0) is 36.4 Å². The molecule has 2 rings (SSSR count). The first kappa shape index (κ1) is 17.3. The highest BCUT2D eigenvalue weighted by Crippen LogP contribution is 2.18. The molecule has 122 valence electrons. The van der Waals surface area contributed by atoms with Gasteiger partial charge in [-0.1, -0.05) is 17.7 Å². The highest BCUT2D eigenvalue weighted by Gasteiger charge is 2.07. The Morgan fingerprint density at radius 3 is 2.52 bits per heavy atom. The Morgan fingerprint density at radius 2 is 1.87 bits per heavy atom. The van der Waals surface area contributed by atoms with Crippen LogP contribution in [0.3, 0.4) is 0 Å². The molecule has 0 heterocycles. The van der Waals surface area contributed by atoms with Gasteiger partial charge in [0.25, 0.3) is 5.91 Å². The highest BCUT2D eigenvalue weighted by atomic mass is 35.5. The molecule has 2 aromatic rings. The quantitative estimate of drug-likeness (QED) is 0.866. The molecule has 0 fully saturated rings. The van der Waals surface area contributed by atoms with Gasteiger partial charge in [0.05, 0.1) is 5.75 Å². The van der Waals surface area contributed by atoms with Crippen LogP contribution in [0.5, 0.6) is 5.75 Å². The van der Waals surface area contributed by atoms with Crippen LogP contribution in [0.15, 0.2) is 48.5 Å². The average Bonchev–Trinajstić information content (AvgIpc) is 2.47. The second-order valence-electron chi connectivity index (χ2n) is 4.97. The number of nitrogens with one attached hydrogen (secondary N) is 1. The van der Waals surface area contributed by atoms with Gasteiger partial charge in [-0.25, -0.2) is 8.42 Å². The number of hydrogen-bond donors (Lipinski definition) is 1. The molecule has 0 spiro atoms. The Labute approximate surface area is 140 Å². The van der Waals surface area contributed by atoms with Crippen LogP contribution < -0.4 is 10.1 Å². The van der Waals surface area contributed by atoms with Crippen LogP contribution in [0.25, 0.3) is 0 Å². The third-order valence-electron chi connectivity index (χ3n) is 2.92. The van der Waals surface area contributed by atoms with Gasteiger partial charge >= 0.3 is 0 Å². The van der Waals surface area contributed by atoms with Crippen LogP contribution >= 0.6 is 11.6 Å². The lowest BCUT2D eigenvalue weighted by Gasteiger charge is -2.09. The van der Waals surface area contributed by atoms with Crippen molar-refractivity contribution in [3.63, 3.8) is 0 Å². The summed E-state index contributed by atoms with van der Waals surface area (Å²) in [6.07, 6.45) is 1.15. The zero-order valence-corrected chi connectivity index (χ0v) is 14.0. The molecule has 0 saturated heterocycles. The molecular weight excluding hydrogens is 338 g/mol. The molecule has 0 unspecified atom stereocenters. The largest absolute Gasteiger partial charge is 0.492 e. The molecule has 1 amide bonds. The normalized spacial score (nSPS) is 11.0. The number of ether oxygens (including phenoxy) is 1. The first-order chi connectivity index (χ1) is 10.8. The lowest BCUT2D eigenvalue weighted by molar-refractivity contribution is 0.102. The van der Waals surface area contributed by atoms with Gasteiger partial charge in [-0.15, -0.1) is 0 Å². The Hall–Kier alpha value is -2.05. The van der Waals surface area contributed by atoms with Gasteiger partial charge < -0.3 is 10.1 Å². The summed E-state index contributed by atoms with van der Waals surface area (Å²) in [7, 11) is -3.07.